The van der Waals surface area contributed by atoms with Crippen molar-refractivity contribution in [2.24, 2.45) is 11.8 Å². The lowest BCUT2D eigenvalue weighted by Gasteiger charge is -2.26. The van der Waals surface area contributed by atoms with E-state index in [4.69, 9.17) is 9.47 Å². The minimum Gasteiger partial charge on any atom is -0.497 e. The second-order valence-electron chi connectivity index (χ2n) is 5.03. The molecule has 2 nitrogen and oxygen atoms in total. The molecule has 0 saturated heterocycles. The number of hydrogen-bond donors (Lipinski definition) is 0. The summed E-state index contributed by atoms with van der Waals surface area (Å²) in [7, 11) is 1.67. The summed E-state index contributed by atoms with van der Waals surface area (Å²) in [6, 6.07) is 7.94. The van der Waals surface area contributed by atoms with Crippen molar-refractivity contribution in [1.29, 1.82) is 0 Å². The zero-order valence-electron chi connectivity index (χ0n) is 12.7. The Morgan fingerprint density at radius 1 is 1.19 bits per heavy atom. The van der Waals surface area contributed by atoms with Crippen LogP contribution in [0.1, 0.15) is 19.4 Å². The Morgan fingerprint density at radius 2 is 1.81 bits per heavy atom. The van der Waals surface area contributed by atoms with E-state index in [2.05, 4.69) is 58.4 Å². The smallest absolute Gasteiger partial charge is 0.118 e. The number of benzene rings is 1. The number of hydrogen-bond acceptors (Lipinski definition) is 2. The lowest BCUT2D eigenvalue weighted by molar-refractivity contribution is -0.00444. The van der Waals surface area contributed by atoms with Gasteiger partial charge in [-0.05, 0) is 49.6 Å². The maximum atomic E-state index is 6.12. The lowest BCUT2D eigenvalue weighted by Crippen LogP contribution is -2.27. The van der Waals surface area contributed by atoms with Gasteiger partial charge in [0.15, 0.2) is 0 Å². The van der Waals surface area contributed by atoms with Crippen LogP contribution in [0.2, 0.25) is 0 Å². The van der Waals surface area contributed by atoms with Crippen molar-refractivity contribution < 1.29 is 9.47 Å². The van der Waals surface area contributed by atoms with Crippen LogP contribution in [0, 0.1) is 11.8 Å². The first-order chi connectivity index (χ1) is 9.97. The Balaban J connectivity index is 2.72. The van der Waals surface area contributed by atoms with Crippen molar-refractivity contribution >= 4 is 31.9 Å². The van der Waals surface area contributed by atoms with Gasteiger partial charge in [-0.25, -0.2) is 0 Å². The van der Waals surface area contributed by atoms with Crippen molar-refractivity contribution in [1.82, 2.24) is 0 Å². The normalized spacial score (nSPS) is 14.9. The SMILES string of the molecule is C=C[C@@H](C)[C@H](OCc1ccc(OC)cc1)[C@H](C)C=C(Br)Br. The molecule has 0 amide bonds. The molecule has 116 valence electrons. The van der Waals surface area contributed by atoms with Gasteiger partial charge < -0.3 is 9.47 Å². The molecule has 0 spiro atoms. The van der Waals surface area contributed by atoms with Gasteiger partial charge in [-0.1, -0.05) is 38.1 Å². The van der Waals surface area contributed by atoms with Gasteiger partial charge >= 0.3 is 0 Å². The third kappa shape index (κ3) is 6.37. The first-order valence-electron chi connectivity index (χ1n) is 6.87. The Bertz CT molecular complexity index is 464. The molecule has 0 fully saturated rings. The van der Waals surface area contributed by atoms with Gasteiger partial charge in [-0.15, -0.1) is 6.58 Å². The van der Waals surface area contributed by atoms with Crippen molar-refractivity contribution in [2.75, 3.05) is 7.11 Å². The molecule has 0 unspecified atom stereocenters. The van der Waals surface area contributed by atoms with E-state index in [0.717, 1.165) is 14.7 Å². The molecule has 0 heterocycles. The Hall–Kier alpha value is -0.580. The first kappa shape index (κ1) is 18.5. The molecule has 0 saturated carbocycles. The highest BCUT2D eigenvalue weighted by atomic mass is 79.9. The summed E-state index contributed by atoms with van der Waals surface area (Å²) in [6.07, 6.45) is 4.11. The fraction of sp³-hybridized carbons (Fsp3) is 0.412. The molecular weight excluding hydrogens is 396 g/mol. The molecule has 1 aromatic rings. The first-order valence-corrected chi connectivity index (χ1v) is 8.46. The number of ether oxygens (including phenoxy) is 2. The van der Waals surface area contributed by atoms with Crippen LogP contribution < -0.4 is 4.74 Å². The second kappa shape index (κ2) is 9.44. The predicted octanol–water partition coefficient (Wildman–Crippen LogP) is 5.67. The molecule has 0 bridgehead atoms. The van der Waals surface area contributed by atoms with E-state index in [-0.39, 0.29) is 17.9 Å². The van der Waals surface area contributed by atoms with Gasteiger partial charge in [0.1, 0.15) is 5.75 Å². The average Bonchev–Trinajstić information content (AvgIpc) is 2.47. The molecule has 0 radical (unpaired) electrons. The summed E-state index contributed by atoms with van der Waals surface area (Å²) >= 11 is 6.82. The monoisotopic (exact) mass is 416 g/mol. The van der Waals surface area contributed by atoms with E-state index < -0.39 is 0 Å². The third-order valence-corrected chi connectivity index (χ3v) is 3.93. The molecule has 21 heavy (non-hydrogen) atoms. The van der Waals surface area contributed by atoms with Crippen molar-refractivity contribution in [2.45, 2.75) is 26.6 Å². The maximum Gasteiger partial charge on any atom is 0.118 e. The van der Waals surface area contributed by atoms with E-state index in [1.165, 1.54) is 0 Å². The molecule has 0 aliphatic carbocycles. The summed E-state index contributed by atoms with van der Waals surface area (Å²) in [5.41, 5.74) is 1.13. The van der Waals surface area contributed by atoms with Crippen LogP contribution in [0.15, 0.2) is 46.4 Å². The molecular formula is C17H22Br2O2. The Morgan fingerprint density at radius 3 is 2.29 bits per heavy atom. The molecule has 1 aromatic carbocycles. The van der Waals surface area contributed by atoms with Crippen molar-refractivity contribution in [3.8, 4) is 5.75 Å². The van der Waals surface area contributed by atoms with Crippen LogP contribution in [0.3, 0.4) is 0 Å². The molecule has 3 atom stereocenters. The summed E-state index contributed by atoms with van der Waals surface area (Å²) in [6.45, 7) is 8.72. The molecule has 0 aliphatic rings. The van der Waals surface area contributed by atoms with E-state index in [0.29, 0.717) is 6.61 Å². The van der Waals surface area contributed by atoms with Gasteiger partial charge in [-0.2, -0.15) is 0 Å². The van der Waals surface area contributed by atoms with Crippen LogP contribution in [0.5, 0.6) is 5.75 Å². The maximum absolute atomic E-state index is 6.12. The summed E-state index contributed by atoms with van der Waals surface area (Å²) in [4.78, 5) is 0. The van der Waals surface area contributed by atoms with Gasteiger partial charge in [-0.3, -0.25) is 0 Å². The standard InChI is InChI=1S/C17H22Br2O2/c1-5-12(2)17(13(3)10-16(18)19)21-11-14-6-8-15(20-4)9-7-14/h5-10,12-13,17H,1,11H2,2-4H3/t12-,13-,17+/m1/s1. The highest BCUT2D eigenvalue weighted by Crippen LogP contribution is 2.25. The van der Waals surface area contributed by atoms with E-state index in [1.54, 1.807) is 7.11 Å². The molecule has 0 N–H and O–H groups in total. The summed E-state index contributed by atoms with van der Waals surface area (Å²) < 4.78 is 12.2. The van der Waals surface area contributed by atoms with Crippen molar-refractivity contribution in [3.63, 3.8) is 0 Å². The summed E-state index contributed by atoms with van der Waals surface area (Å²) in [5.74, 6) is 1.40. The van der Waals surface area contributed by atoms with E-state index >= 15 is 0 Å². The molecule has 4 heteroatoms. The number of halogens is 2. The van der Waals surface area contributed by atoms with Gasteiger partial charge in [0.25, 0.3) is 0 Å². The van der Waals surface area contributed by atoms with Crippen LogP contribution in [0.25, 0.3) is 0 Å². The predicted molar refractivity (Wildman–Crippen MR) is 96.0 cm³/mol. The van der Waals surface area contributed by atoms with Crippen LogP contribution in [0.4, 0.5) is 0 Å². The summed E-state index contributed by atoms with van der Waals surface area (Å²) in [5, 5.41) is 0. The highest BCUT2D eigenvalue weighted by Gasteiger charge is 2.21. The van der Waals surface area contributed by atoms with Gasteiger partial charge in [0, 0.05) is 11.8 Å². The fourth-order valence-corrected chi connectivity index (χ4v) is 2.96. The quantitative estimate of drug-likeness (QED) is 0.507. The number of rotatable bonds is 8. The topological polar surface area (TPSA) is 18.5 Å². The van der Waals surface area contributed by atoms with Crippen molar-refractivity contribution in [3.05, 3.63) is 52.0 Å². The molecule has 1 rings (SSSR count). The van der Waals surface area contributed by atoms with Crippen LogP contribution >= 0.6 is 31.9 Å². The Labute approximate surface area is 144 Å². The lowest BCUT2D eigenvalue weighted by atomic mass is 9.93. The largest absolute Gasteiger partial charge is 0.497 e. The zero-order chi connectivity index (χ0) is 15.8. The minimum atomic E-state index is 0.0784. The van der Waals surface area contributed by atoms with Gasteiger partial charge in [0.05, 0.1) is 23.2 Å². The average molecular weight is 418 g/mol. The molecule has 0 aromatic heterocycles. The highest BCUT2D eigenvalue weighted by molar-refractivity contribution is 9.28. The zero-order valence-corrected chi connectivity index (χ0v) is 15.9. The second-order valence-corrected chi connectivity index (χ2v) is 7.81. The fourth-order valence-electron chi connectivity index (χ4n) is 2.12. The molecule has 0 aliphatic heterocycles. The van der Waals surface area contributed by atoms with E-state index in [1.807, 2.05) is 30.3 Å². The van der Waals surface area contributed by atoms with E-state index in [9.17, 15) is 0 Å². The third-order valence-electron chi connectivity index (χ3n) is 3.40. The number of methoxy groups -OCH3 is 1. The van der Waals surface area contributed by atoms with Gasteiger partial charge in [0.2, 0.25) is 0 Å². The van der Waals surface area contributed by atoms with Crippen LogP contribution in [-0.4, -0.2) is 13.2 Å². The van der Waals surface area contributed by atoms with Crippen LogP contribution in [-0.2, 0) is 11.3 Å². The minimum absolute atomic E-state index is 0.0784. The Kier molecular flexibility index (Phi) is 8.30.